The number of nitrogens with one attached hydrogen (secondary N) is 1. The number of rotatable bonds is 15. The lowest BCUT2D eigenvalue weighted by Crippen LogP contribution is -2.42. The van der Waals surface area contributed by atoms with Gasteiger partial charge in [-0.1, -0.05) is 18.2 Å². The predicted molar refractivity (Wildman–Crippen MR) is 144 cm³/mol. The molecular weight excluding hydrogens is 529 g/mol. The highest BCUT2D eigenvalue weighted by molar-refractivity contribution is 7.54. The molecule has 12 heteroatoms. The number of allylic oxidation sites excluding steroid dienone is 1. The van der Waals surface area contributed by atoms with E-state index in [-0.39, 0.29) is 43.9 Å². The molecule has 1 N–H and O–H groups in total. The Morgan fingerprint density at radius 3 is 2.18 bits per heavy atom. The van der Waals surface area contributed by atoms with Gasteiger partial charge in [-0.05, 0) is 64.3 Å². The molecule has 0 bridgehead atoms. The molecule has 11 nitrogen and oxygen atoms in total. The van der Waals surface area contributed by atoms with E-state index in [2.05, 4.69) is 5.32 Å². The number of esters is 3. The first-order valence-electron chi connectivity index (χ1n) is 12.6. The van der Waals surface area contributed by atoms with Crippen molar-refractivity contribution in [3.8, 4) is 5.75 Å². The van der Waals surface area contributed by atoms with Crippen molar-refractivity contribution < 1.29 is 47.0 Å². The van der Waals surface area contributed by atoms with Crippen LogP contribution in [-0.4, -0.2) is 56.0 Å². The molecule has 0 aliphatic heterocycles. The largest absolute Gasteiger partial charge is 0.464 e. The molecule has 0 aliphatic carbocycles. The number of benzene rings is 1. The van der Waals surface area contributed by atoms with Crippen LogP contribution in [-0.2, 0) is 48.9 Å². The highest BCUT2D eigenvalue weighted by Crippen LogP contribution is 2.49. The number of amides is 1. The lowest BCUT2D eigenvalue weighted by atomic mass is 9.98. The van der Waals surface area contributed by atoms with Crippen LogP contribution < -0.4 is 9.84 Å². The number of hydrogen-bond donors (Lipinski definition) is 1. The summed E-state index contributed by atoms with van der Waals surface area (Å²) >= 11 is 0. The summed E-state index contributed by atoms with van der Waals surface area (Å²) in [6, 6.07) is 5.59. The van der Waals surface area contributed by atoms with Gasteiger partial charge >= 0.3 is 25.5 Å². The molecule has 2 unspecified atom stereocenters. The van der Waals surface area contributed by atoms with Crippen molar-refractivity contribution in [2.24, 2.45) is 5.41 Å². The molecule has 0 saturated heterocycles. The average molecular weight is 570 g/mol. The smallest absolute Gasteiger partial charge is 0.382 e. The van der Waals surface area contributed by atoms with E-state index in [0.717, 1.165) is 5.57 Å². The third kappa shape index (κ3) is 14.0. The van der Waals surface area contributed by atoms with Gasteiger partial charge in [0.15, 0.2) is 0 Å². The Labute approximate surface area is 230 Å². The van der Waals surface area contributed by atoms with Crippen LogP contribution in [0.5, 0.6) is 5.75 Å². The minimum absolute atomic E-state index is 0.0350. The molecule has 1 amide bonds. The molecule has 1 aromatic carbocycles. The van der Waals surface area contributed by atoms with E-state index in [0.29, 0.717) is 5.56 Å². The van der Waals surface area contributed by atoms with Crippen molar-refractivity contribution in [2.75, 3.05) is 26.2 Å². The Morgan fingerprint density at radius 2 is 1.64 bits per heavy atom. The summed E-state index contributed by atoms with van der Waals surface area (Å²) in [5.41, 5.74) is 0.697. The van der Waals surface area contributed by atoms with Crippen LogP contribution in [0.2, 0.25) is 0 Å². The van der Waals surface area contributed by atoms with Gasteiger partial charge in [-0.25, -0.2) is 9.36 Å². The highest BCUT2D eigenvalue weighted by Gasteiger charge is 2.29. The third-order valence-electron chi connectivity index (χ3n) is 5.01. The second kappa shape index (κ2) is 16.1. The first kappa shape index (κ1) is 33.9. The van der Waals surface area contributed by atoms with Crippen molar-refractivity contribution in [2.45, 2.75) is 67.3 Å². The maximum absolute atomic E-state index is 13.5. The Balaban J connectivity index is 2.98. The molecule has 0 aliphatic rings. The van der Waals surface area contributed by atoms with Crippen LogP contribution in [0.15, 0.2) is 35.9 Å². The van der Waals surface area contributed by atoms with Gasteiger partial charge in [-0.15, -0.1) is 0 Å². The van der Waals surface area contributed by atoms with E-state index in [1.54, 1.807) is 65.0 Å². The fourth-order valence-corrected chi connectivity index (χ4v) is 4.40. The molecule has 218 valence electrons. The normalized spacial score (nSPS) is 14.0. The zero-order chi connectivity index (χ0) is 29.6. The minimum Gasteiger partial charge on any atom is -0.464 e. The molecule has 0 heterocycles. The lowest BCUT2D eigenvalue weighted by Gasteiger charge is -2.21. The predicted octanol–water partition coefficient (Wildman–Crippen LogP) is 4.33. The summed E-state index contributed by atoms with van der Waals surface area (Å²) in [6.45, 7) is 10.8. The van der Waals surface area contributed by atoms with Crippen LogP contribution in [0, 0.1) is 5.41 Å². The molecule has 39 heavy (non-hydrogen) atoms. The van der Waals surface area contributed by atoms with Gasteiger partial charge in [0.2, 0.25) is 12.7 Å². The van der Waals surface area contributed by atoms with Gasteiger partial charge in [-0.2, -0.15) is 0 Å². The van der Waals surface area contributed by atoms with E-state index < -0.39 is 43.8 Å². The zero-order valence-electron chi connectivity index (χ0n) is 23.7. The molecule has 0 fully saturated rings. The van der Waals surface area contributed by atoms with Crippen molar-refractivity contribution in [3.63, 3.8) is 0 Å². The van der Waals surface area contributed by atoms with Crippen molar-refractivity contribution in [1.82, 2.24) is 5.32 Å². The maximum Gasteiger partial charge on any atom is 0.382 e. The molecule has 0 spiro atoms. The van der Waals surface area contributed by atoms with Gasteiger partial charge in [0.05, 0.1) is 18.2 Å². The second-order valence-corrected chi connectivity index (χ2v) is 11.9. The topological polar surface area (TPSA) is 144 Å². The molecule has 1 aromatic rings. The molecular formula is C27H40NO10P. The lowest BCUT2D eigenvalue weighted by molar-refractivity contribution is -0.159. The first-order chi connectivity index (χ1) is 18.1. The molecule has 2 atom stereocenters. The van der Waals surface area contributed by atoms with Gasteiger partial charge in [0.25, 0.3) is 0 Å². The molecule has 1 rings (SSSR count). The fourth-order valence-electron chi connectivity index (χ4n) is 3.02. The Hall–Kier alpha value is -3.17. The Morgan fingerprint density at radius 1 is 1.00 bits per heavy atom. The van der Waals surface area contributed by atoms with Crippen LogP contribution in [0.25, 0.3) is 0 Å². The third-order valence-corrected chi connectivity index (χ3v) is 6.80. The molecule has 0 aromatic heterocycles. The number of carbonyl (C=O) groups excluding carboxylic acids is 4. The number of carbonyl (C=O) groups is 4. The fraction of sp³-hybridized carbons (Fsp3) is 0.556. The summed E-state index contributed by atoms with van der Waals surface area (Å²) in [6.07, 6.45) is 2.19. The van der Waals surface area contributed by atoms with Gasteiger partial charge in [0.1, 0.15) is 18.4 Å². The van der Waals surface area contributed by atoms with Crippen molar-refractivity contribution in [3.05, 3.63) is 41.5 Å². The standard InChI is InChI=1S/C27H40NO10P/c1-8-34-25(31)24(28-20(3)29)16-22-11-13-23(14-12-22)38-39(33,37-18-36-26(32)27(5,6)7)15-9-10-19(2)17-35-21(4)30/h10-14,24H,8-9,15-18H2,1-7H3,(H,28,29)/b19-10+. The van der Waals surface area contributed by atoms with E-state index in [1.165, 1.54) is 13.8 Å². The maximum atomic E-state index is 13.5. The molecule has 0 radical (unpaired) electrons. The summed E-state index contributed by atoms with van der Waals surface area (Å²) in [5, 5.41) is 2.57. The summed E-state index contributed by atoms with van der Waals surface area (Å²) < 4.78 is 39.8. The van der Waals surface area contributed by atoms with Crippen molar-refractivity contribution >= 4 is 31.4 Å². The highest BCUT2D eigenvalue weighted by atomic mass is 31.2. The summed E-state index contributed by atoms with van der Waals surface area (Å²) in [4.78, 5) is 46.8. The van der Waals surface area contributed by atoms with E-state index in [1.807, 2.05) is 0 Å². The van der Waals surface area contributed by atoms with Crippen LogP contribution in [0.3, 0.4) is 0 Å². The molecule has 0 saturated carbocycles. The quantitative estimate of drug-likeness (QED) is 0.107. The second-order valence-electron chi connectivity index (χ2n) is 9.83. The van der Waals surface area contributed by atoms with Crippen molar-refractivity contribution in [1.29, 1.82) is 0 Å². The number of ether oxygens (including phenoxy) is 3. The van der Waals surface area contributed by atoms with Gasteiger partial charge in [-0.3, -0.25) is 18.9 Å². The van der Waals surface area contributed by atoms with Crippen LogP contribution in [0.1, 0.15) is 60.5 Å². The monoisotopic (exact) mass is 569 g/mol. The minimum atomic E-state index is -3.79. The average Bonchev–Trinajstić information content (AvgIpc) is 2.82. The van der Waals surface area contributed by atoms with E-state index >= 15 is 0 Å². The summed E-state index contributed by atoms with van der Waals surface area (Å²) in [5.74, 6) is -1.61. The van der Waals surface area contributed by atoms with Crippen LogP contribution in [0.4, 0.5) is 0 Å². The summed E-state index contributed by atoms with van der Waals surface area (Å²) in [7, 11) is -3.79. The van der Waals surface area contributed by atoms with Crippen LogP contribution >= 0.6 is 7.60 Å². The Bertz CT molecular complexity index is 1060. The Kier molecular flexibility index (Phi) is 13.9. The zero-order valence-corrected chi connectivity index (χ0v) is 24.6. The number of hydrogen-bond acceptors (Lipinski definition) is 10. The van der Waals surface area contributed by atoms with E-state index in [4.69, 9.17) is 23.3 Å². The van der Waals surface area contributed by atoms with E-state index in [9.17, 15) is 23.7 Å². The SMILES string of the molecule is CCOC(=O)C(Cc1ccc(OP(=O)(CC/C=C(\C)COC(C)=O)OCOC(=O)C(C)(C)C)cc1)NC(C)=O. The van der Waals surface area contributed by atoms with Gasteiger partial charge in [0, 0.05) is 20.3 Å². The van der Waals surface area contributed by atoms with Gasteiger partial charge < -0.3 is 24.1 Å². The first-order valence-corrected chi connectivity index (χ1v) is 14.3.